The summed E-state index contributed by atoms with van der Waals surface area (Å²) in [5, 5.41) is 5.67. The number of rotatable bonds is 5. The van der Waals surface area contributed by atoms with Crippen LogP contribution in [0.1, 0.15) is 5.56 Å². The molecule has 1 aromatic carbocycles. The Morgan fingerprint density at radius 1 is 1.42 bits per heavy atom. The van der Waals surface area contributed by atoms with Crippen LogP contribution in [0.15, 0.2) is 18.2 Å². The van der Waals surface area contributed by atoms with E-state index in [1.165, 1.54) is 11.0 Å². The van der Waals surface area contributed by atoms with Crippen LogP contribution in [-0.4, -0.2) is 43.1 Å². The SMILES string of the molecule is CN(C)C(=O)NCCNc1cccc(F)c1C(N)=S. The van der Waals surface area contributed by atoms with E-state index in [-0.39, 0.29) is 16.6 Å². The molecule has 0 fully saturated rings. The number of carbonyl (C=O) groups excluding carboxylic acids is 1. The van der Waals surface area contributed by atoms with Crippen LogP contribution < -0.4 is 16.4 Å². The maximum absolute atomic E-state index is 13.6. The quantitative estimate of drug-likeness (QED) is 0.560. The highest BCUT2D eigenvalue weighted by Gasteiger charge is 2.10. The van der Waals surface area contributed by atoms with E-state index < -0.39 is 5.82 Å². The number of thiocarbonyl (C=S) groups is 1. The van der Waals surface area contributed by atoms with Crippen LogP contribution in [0, 0.1) is 5.82 Å². The van der Waals surface area contributed by atoms with Crippen molar-refractivity contribution in [3.05, 3.63) is 29.6 Å². The molecule has 0 heterocycles. The summed E-state index contributed by atoms with van der Waals surface area (Å²) < 4.78 is 13.6. The van der Waals surface area contributed by atoms with Gasteiger partial charge in [-0.2, -0.15) is 0 Å². The number of hydrogen-bond acceptors (Lipinski definition) is 3. The van der Waals surface area contributed by atoms with Gasteiger partial charge in [0.2, 0.25) is 0 Å². The predicted octanol–water partition coefficient (Wildman–Crippen LogP) is 1.14. The second-order valence-corrected chi connectivity index (χ2v) is 4.52. The summed E-state index contributed by atoms with van der Waals surface area (Å²) in [6.45, 7) is 0.850. The Kier molecular flexibility index (Phi) is 5.50. The van der Waals surface area contributed by atoms with Crippen LogP contribution in [-0.2, 0) is 0 Å². The van der Waals surface area contributed by atoms with E-state index >= 15 is 0 Å². The number of benzene rings is 1. The van der Waals surface area contributed by atoms with Crippen molar-refractivity contribution < 1.29 is 9.18 Å². The lowest BCUT2D eigenvalue weighted by Crippen LogP contribution is -2.37. The normalized spacial score (nSPS) is 9.84. The number of hydrogen-bond donors (Lipinski definition) is 3. The summed E-state index contributed by atoms with van der Waals surface area (Å²) in [5.41, 5.74) is 6.19. The molecule has 7 heteroatoms. The number of nitrogens with two attached hydrogens (primary N) is 1. The molecule has 0 spiro atoms. The maximum Gasteiger partial charge on any atom is 0.316 e. The lowest BCUT2D eigenvalue weighted by Gasteiger charge is -2.14. The monoisotopic (exact) mass is 284 g/mol. The van der Waals surface area contributed by atoms with Gasteiger partial charge < -0.3 is 21.3 Å². The molecule has 1 rings (SSSR count). The lowest BCUT2D eigenvalue weighted by molar-refractivity contribution is 0.218. The highest BCUT2D eigenvalue weighted by molar-refractivity contribution is 7.80. The van der Waals surface area contributed by atoms with Gasteiger partial charge in [-0.25, -0.2) is 9.18 Å². The zero-order chi connectivity index (χ0) is 14.4. The standard InChI is InChI=1S/C12H17FN4OS/c1-17(2)12(18)16-7-6-15-9-5-3-4-8(13)10(9)11(14)19/h3-5,15H,6-7H2,1-2H3,(H2,14,19)(H,16,18). The van der Waals surface area contributed by atoms with Crippen LogP contribution in [0.4, 0.5) is 14.9 Å². The number of nitrogens with zero attached hydrogens (tertiary/aromatic N) is 1. The Bertz CT molecular complexity index is 479. The van der Waals surface area contributed by atoms with E-state index in [0.717, 1.165) is 0 Å². The number of nitrogens with one attached hydrogen (secondary N) is 2. The van der Waals surface area contributed by atoms with Crippen LogP contribution in [0.3, 0.4) is 0 Å². The van der Waals surface area contributed by atoms with Gasteiger partial charge in [-0.3, -0.25) is 0 Å². The summed E-state index contributed by atoms with van der Waals surface area (Å²) in [5.74, 6) is -0.463. The minimum absolute atomic E-state index is 0.00192. The van der Waals surface area contributed by atoms with Crippen molar-refractivity contribution in [3.63, 3.8) is 0 Å². The Balaban J connectivity index is 2.57. The summed E-state index contributed by atoms with van der Waals surface area (Å²) in [7, 11) is 3.31. The van der Waals surface area contributed by atoms with Gasteiger partial charge in [-0.15, -0.1) is 0 Å². The molecule has 0 aliphatic carbocycles. The zero-order valence-corrected chi connectivity index (χ0v) is 11.7. The van der Waals surface area contributed by atoms with Gasteiger partial charge >= 0.3 is 6.03 Å². The molecule has 0 unspecified atom stereocenters. The first-order valence-corrected chi connectivity index (χ1v) is 6.11. The van der Waals surface area contributed by atoms with E-state index in [0.29, 0.717) is 18.8 Å². The smallest absolute Gasteiger partial charge is 0.316 e. The topological polar surface area (TPSA) is 70.4 Å². The second kappa shape index (κ2) is 6.89. The molecule has 0 saturated heterocycles. The van der Waals surface area contributed by atoms with Crippen molar-refractivity contribution in [2.75, 3.05) is 32.5 Å². The molecule has 0 saturated carbocycles. The minimum Gasteiger partial charge on any atom is -0.389 e. The second-order valence-electron chi connectivity index (χ2n) is 4.08. The Labute approximate surface area is 117 Å². The average Bonchev–Trinajstić information content (AvgIpc) is 2.33. The van der Waals surface area contributed by atoms with E-state index in [1.54, 1.807) is 26.2 Å². The van der Waals surface area contributed by atoms with Gasteiger partial charge in [0.05, 0.1) is 5.56 Å². The fourth-order valence-electron chi connectivity index (χ4n) is 1.45. The third kappa shape index (κ3) is 4.36. The van der Waals surface area contributed by atoms with Crippen molar-refractivity contribution in [2.45, 2.75) is 0 Å². The molecule has 0 aromatic heterocycles. The first-order valence-electron chi connectivity index (χ1n) is 5.71. The van der Waals surface area contributed by atoms with Gasteiger partial charge in [0.1, 0.15) is 10.8 Å². The Hall–Kier alpha value is -1.89. The number of anilines is 1. The van der Waals surface area contributed by atoms with Gasteiger partial charge in [0.25, 0.3) is 0 Å². The molecule has 0 radical (unpaired) electrons. The maximum atomic E-state index is 13.6. The Morgan fingerprint density at radius 2 is 2.11 bits per heavy atom. The molecule has 4 N–H and O–H groups in total. The van der Waals surface area contributed by atoms with Crippen LogP contribution in [0.5, 0.6) is 0 Å². The first kappa shape index (κ1) is 15.2. The van der Waals surface area contributed by atoms with Gasteiger partial charge in [0, 0.05) is 32.9 Å². The third-order valence-corrected chi connectivity index (χ3v) is 2.59. The summed E-state index contributed by atoms with van der Waals surface area (Å²) in [4.78, 5) is 12.7. The van der Waals surface area contributed by atoms with Gasteiger partial charge in [-0.1, -0.05) is 18.3 Å². The van der Waals surface area contributed by atoms with Crippen molar-refractivity contribution in [2.24, 2.45) is 5.73 Å². The van der Waals surface area contributed by atoms with Crippen molar-refractivity contribution in [1.29, 1.82) is 0 Å². The average molecular weight is 284 g/mol. The summed E-state index contributed by atoms with van der Waals surface area (Å²) >= 11 is 4.81. The van der Waals surface area contributed by atoms with E-state index in [4.69, 9.17) is 18.0 Å². The van der Waals surface area contributed by atoms with Crippen molar-refractivity contribution in [3.8, 4) is 0 Å². The molecule has 0 atom stereocenters. The summed E-state index contributed by atoms with van der Waals surface area (Å²) in [6, 6.07) is 4.37. The number of halogens is 1. The highest BCUT2D eigenvalue weighted by Crippen LogP contribution is 2.18. The van der Waals surface area contributed by atoms with Gasteiger partial charge in [-0.05, 0) is 12.1 Å². The molecule has 0 aliphatic heterocycles. The van der Waals surface area contributed by atoms with Crippen LogP contribution in [0.25, 0.3) is 0 Å². The molecule has 0 bridgehead atoms. The number of urea groups is 1. The van der Waals surface area contributed by atoms with E-state index in [1.807, 2.05) is 0 Å². The van der Waals surface area contributed by atoms with Crippen LogP contribution in [0.2, 0.25) is 0 Å². The molecule has 104 valence electrons. The van der Waals surface area contributed by atoms with E-state index in [2.05, 4.69) is 10.6 Å². The molecular weight excluding hydrogens is 267 g/mol. The van der Waals surface area contributed by atoms with Crippen LogP contribution >= 0.6 is 12.2 Å². The third-order valence-electron chi connectivity index (χ3n) is 2.38. The minimum atomic E-state index is -0.463. The number of amides is 2. The molecule has 5 nitrogen and oxygen atoms in total. The lowest BCUT2D eigenvalue weighted by atomic mass is 10.1. The molecule has 19 heavy (non-hydrogen) atoms. The predicted molar refractivity (Wildman–Crippen MR) is 77.9 cm³/mol. The Morgan fingerprint density at radius 3 is 2.68 bits per heavy atom. The molecule has 0 aliphatic rings. The zero-order valence-electron chi connectivity index (χ0n) is 10.9. The van der Waals surface area contributed by atoms with Crippen molar-refractivity contribution in [1.82, 2.24) is 10.2 Å². The molecular formula is C12H17FN4OS. The fraction of sp³-hybridized carbons (Fsp3) is 0.333. The molecule has 2 amide bonds. The largest absolute Gasteiger partial charge is 0.389 e. The van der Waals surface area contributed by atoms with Crippen molar-refractivity contribution >= 4 is 28.9 Å². The first-order chi connectivity index (χ1) is 8.93. The summed E-state index contributed by atoms with van der Waals surface area (Å²) in [6.07, 6.45) is 0. The fourth-order valence-corrected chi connectivity index (χ4v) is 1.65. The number of carbonyl (C=O) groups is 1. The highest BCUT2D eigenvalue weighted by atomic mass is 32.1. The van der Waals surface area contributed by atoms with Gasteiger partial charge in [0.15, 0.2) is 0 Å². The molecule has 1 aromatic rings. The van der Waals surface area contributed by atoms with E-state index in [9.17, 15) is 9.18 Å².